The molecule has 78 valence electrons. The third-order valence-electron chi connectivity index (χ3n) is 2.86. The summed E-state index contributed by atoms with van der Waals surface area (Å²) >= 11 is 0. The van der Waals surface area contributed by atoms with Crippen molar-refractivity contribution >= 4 is 0 Å². The molecule has 0 aliphatic rings. The van der Waals surface area contributed by atoms with Gasteiger partial charge >= 0.3 is 0 Å². The summed E-state index contributed by atoms with van der Waals surface area (Å²) in [5.41, 5.74) is -0.0495. The fraction of sp³-hybridized carbons (Fsp3) is 0.545. The minimum Gasteiger partial charge on any atom is -0.255 e. The van der Waals surface area contributed by atoms with Crippen LogP contribution in [0.15, 0.2) is 12.3 Å². The van der Waals surface area contributed by atoms with Crippen LogP contribution in [-0.2, 0) is 5.41 Å². The van der Waals surface area contributed by atoms with Gasteiger partial charge in [0.15, 0.2) is 0 Å². The monoisotopic (exact) mass is 199 g/mol. The van der Waals surface area contributed by atoms with E-state index in [4.69, 9.17) is 0 Å². The molecule has 0 atom stereocenters. The summed E-state index contributed by atoms with van der Waals surface area (Å²) in [5, 5.41) is 0. The molecule has 0 radical (unpaired) electrons. The van der Waals surface area contributed by atoms with Crippen molar-refractivity contribution in [3.8, 4) is 0 Å². The molecule has 3 heteroatoms. The zero-order valence-corrected chi connectivity index (χ0v) is 8.94. The molecule has 1 aromatic rings. The zero-order chi connectivity index (χ0) is 10.9. The topological polar surface area (TPSA) is 12.9 Å². The normalized spacial score (nSPS) is 12.2. The van der Waals surface area contributed by atoms with Crippen LogP contribution in [0.25, 0.3) is 0 Å². The lowest BCUT2D eigenvalue weighted by atomic mass is 9.78. The zero-order valence-electron chi connectivity index (χ0n) is 8.94. The van der Waals surface area contributed by atoms with E-state index >= 15 is 0 Å². The lowest BCUT2D eigenvalue weighted by Crippen LogP contribution is -2.27. The van der Waals surface area contributed by atoms with E-state index in [2.05, 4.69) is 4.98 Å². The van der Waals surface area contributed by atoms with E-state index in [0.29, 0.717) is 5.69 Å². The molecule has 0 fully saturated rings. The highest BCUT2D eigenvalue weighted by atomic mass is 19.1. The van der Waals surface area contributed by atoms with Gasteiger partial charge in [-0.2, -0.15) is 0 Å². The molecular formula is C11H15F2N. The summed E-state index contributed by atoms with van der Waals surface area (Å²) in [6.45, 7) is 7.79. The van der Waals surface area contributed by atoms with E-state index in [1.807, 2.05) is 27.7 Å². The summed E-state index contributed by atoms with van der Waals surface area (Å²) in [6.07, 6.45) is 1.06. The number of hydrogen-bond donors (Lipinski definition) is 0. The van der Waals surface area contributed by atoms with Crippen LogP contribution >= 0.6 is 0 Å². The van der Waals surface area contributed by atoms with Crippen LogP contribution in [0.5, 0.6) is 0 Å². The van der Waals surface area contributed by atoms with Gasteiger partial charge in [0.1, 0.15) is 11.6 Å². The Morgan fingerprint density at radius 2 is 1.86 bits per heavy atom. The summed E-state index contributed by atoms with van der Waals surface area (Å²) in [4.78, 5) is 3.82. The first-order valence-corrected chi connectivity index (χ1v) is 4.67. The highest BCUT2D eigenvalue weighted by molar-refractivity contribution is 5.18. The fourth-order valence-electron chi connectivity index (χ4n) is 1.16. The Labute approximate surface area is 83.2 Å². The molecule has 0 spiro atoms. The van der Waals surface area contributed by atoms with E-state index in [1.165, 1.54) is 0 Å². The van der Waals surface area contributed by atoms with Crippen LogP contribution in [0.4, 0.5) is 8.78 Å². The van der Waals surface area contributed by atoms with Gasteiger partial charge in [0.05, 0.1) is 11.9 Å². The van der Waals surface area contributed by atoms with Gasteiger partial charge in [-0.15, -0.1) is 0 Å². The Morgan fingerprint density at radius 1 is 1.29 bits per heavy atom. The maximum absolute atomic E-state index is 13.4. The molecule has 0 aliphatic carbocycles. The number of hydrogen-bond acceptors (Lipinski definition) is 1. The van der Waals surface area contributed by atoms with E-state index in [-0.39, 0.29) is 11.3 Å². The highest BCUT2D eigenvalue weighted by Gasteiger charge is 2.29. The first-order chi connectivity index (χ1) is 6.35. The van der Waals surface area contributed by atoms with Crippen molar-refractivity contribution in [3.05, 3.63) is 29.6 Å². The van der Waals surface area contributed by atoms with Gasteiger partial charge in [-0.3, -0.25) is 4.98 Å². The standard InChI is InChI=1S/C11H15F2N/c1-7(2)11(3,4)10-9(13)5-8(12)6-14-10/h5-7H,1-4H3. The molecule has 0 N–H and O–H groups in total. The third kappa shape index (κ3) is 1.91. The van der Waals surface area contributed by atoms with Crippen molar-refractivity contribution in [3.63, 3.8) is 0 Å². The molecule has 1 aromatic heterocycles. The van der Waals surface area contributed by atoms with Crippen molar-refractivity contribution in [1.82, 2.24) is 4.98 Å². The van der Waals surface area contributed by atoms with Gasteiger partial charge in [-0.1, -0.05) is 27.7 Å². The van der Waals surface area contributed by atoms with Crippen molar-refractivity contribution in [2.75, 3.05) is 0 Å². The first kappa shape index (κ1) is 11.1. The predicted molar refractivity (Wildman–Crippen MR) is 52.0 cm³/mol. The van der Waals surface area contributed by atoms with Crippen LogP contribution in [-0.4, -0.2) is 4.98 Å². The molecule has 1 rings (SSSR count). The van der Waals surface area contributed by atoms with E-state index < -0.39 is 11.6 Å². The summed E-state index contributed by atoms with van der Waals surface area (Å²) in [7, 11) is 0. The van der Waals surface area contributed by atoms with Crippen LogP contribution in [0.3, 0.4) is 0 Å². The highest BCUT2D eigenvalue weighted by Crippen LogP contribution is 2.31. The fourth-order valence-corrected chi connectivity index (χ4v) is 1.16. The van der Waals surface area contributed by atoms with Gasteiger partial charge in [-0.05, 0) is 5.92 Å². The Kier molecular flexibility index (Phi) is 2.88. The summed E-state index contributed by atoms with van der Waals surface area (Å²) in [6, 6.07) is 0.881. The second kappa shape index (κ2) is 3.64. The van der Waals surface area contributed by atoms with Gasteiger partial charge in [0.2, 0.25) is 0 Å². The van der Waals surface area contributed by atoms with Crippen molar-refractivity contribution in [2.24, 2.45) is 5.92 Å². The van der Waals surface area contributed by atoms with E-state index in [0.717, 1.165) is 12.3 Å². The molecule has 0 unspecified atom stereocenters. The number of rotatable bonds is 2. The molecule has 14 heavy (non-hydrogen) atoms. The molecule has 0 saturated carbocycles. The van der Waals surface area contributed by atoms with Gasteiger partial charge in [0.25, 0.3) is 0 Å². The van der Waals surface area contributed by atoms with E-state index in [1.54, 1.807) is 0 Å². The molecule has 1 heterocycles. The maximum atomic E-state index is 13.4. The lowest BCUT2D eigenvalue weighted by molar-refractivity contribution is 0.344. The second-order valence-electron chi connectivity index (χ2n) is 4.36. The first-order valence-electron chi connectivity index (χ1n) is 4.67. The quantitative estimate of drug-likeness (QED) is 0.712. The van der Waals surface area contributed by atoms with Crippen LogP contribution in [0, 0.1) is 17.6 Å². The van der Waals surface area contributed by atoms with Crippen LogP contribution in [0.2, 0.25) is 0 Å². The van der Waals surface area contributed by atoms with Crippen molar-refractivity contribution in [1.29, 1.82) is 0 Å². The minimum absolute atomic E-state index is 0.245. The Balaban J connectivity index is 3.19. The molecule has 0 aliphatic heterocycles. The predicted octanol–water partition coefficient (Wildman–Crippen LogP) is 3.29. The smallest absolute Gasteiger partial charge is 0.148 e. The molecule has 0 aromatic carbocycles. The maximum Gasteiger partial charge on any atom is 0.148 e. The number of aromatic nitrogens is 1. The summed E-state index contributed by atoms with van der Waals surface area (Å²) < 4.78 is 26.0. The number of nitrogens with zero attached hydrogens (tertiary/aromatic N) is 1. The molecule has 0 saturated heterocycles. The molecule has 0 bridgehead atoms. The molecule has 0 amide bonds. The Bertz CT molecular complexity index is 332. The van der Waals surface area contributed by atoms with Gasteiger partial charge < -0.3 is 0 Å². The average Bonchev–Trinajstić information content (AvgIpc) is 2.02. The molecular weight excluding hydrogens is 184 g/mol. The largest absolute Gasteiger partial charge is 0.255 e. The SMILES string of the molecule is CC(C)C(C)(C)c1ncc(F)cc1F. The van der Waals surface area contributed by atoms with Gasteiger partial charge in [-0.25, -0.2) is 8.78 Å². The Hall–Kier alpha value is -0.990. The second-order valence-corrected chi connectivity index (χ2v) is 4.36. The van der Waals surface area contributed by atoms with E-state index in [9.17, 15) is 8.78 Å². The summed E-state index contributed by atoms with van der Waals surface area (Å²) in [5.74, 6) is -0.954. The number of halogens is 2. The number of pyridine rings is 1. The van der Waals surface area contributed by atoms with Crippen molar-refractivity contribution in [2.45, 2.75) is 33.1 Å². The van der Waals surface area contributed by atoms with Crippen molar-refractivity contribution < 1.29 is 8.78 Å². The Morgan fingerprint density at radius 3 is 2.29 bits per heavy atom. The molecule has 1 nitrogen and oxygen atoms in total. The van der Waals surface area contributed by atoms with Gasteiger partial charge in [0, 0.05) is 11.5 Å². The van der Waals surface area contributed by atoms with Crippen LogP contribution < -0.4 is 0 Å². The minimum atomic E-state index is -0.634. The lowest BCUT2D eigenvalue weighted by Gasteiger charge is -2.28. The average molecular weight is 199 g/mol. The van der Waals surface area contributed by atoms with Crippen LogP contribution in [0.1, 0.15) is 33.4 Å². The third-order valence-corrected chi connectivity index (χ3v) is 2.86.